The topological polar surface area (TPSA) is 93.1 Å². The molecule has 8 heteroatoms. The lowest BCUT2D eigenvalue weighted by Gasteiger charge is -2.32. The van der Waals surface area contributed by atoms with Gasteiger partial charge < -0.3 is 15.0 Å². The quantitative estimate of drug-likeness (QED) is 0.651. The second-order valence-corrected chi connectivity index (χ2v) is 7.49. The Morgan fingerprint density at radius 3 is 2.87 bits per heavy atom. The number of carbonyl (C=O) groups is 1. The maximum Gasteiger partial charge on any atom is 0.222 e. The first-order valence-corrected chi connectivity index (χ1v) is 10.5. The standard InChI is InChI=1S/C23H26N6O2/c1-3-22(30)29-11-5-7-17(15-29)23-27-19(16-6-4-10-24-13-16)12-20(28-23)26-18-8-9-21(31-2)25-14-18/h4,6,8-10,12-14,17H,3,5,7,11,15H2,1-2H3,(H,26,27,28). The Labute approximate surface area is 181 Å². The number of hydrogen-bond donors (Lipinski definition) is 1. The molecular formula is C23H26N6O2. The number of pyridine rings is 2. The fourth-order valence-electron chi connectivity index (χ4n) is 3.74. The molecule has 0 aromatic carbocycles. The lowest BCUT2D eigenvalue weighted by atomic mass is 9.96. The molecule has 1 saturated heterocycles. The number of rotatable bonds is 6. The SMILES string of the molecule is CCC(=O)N1CCCC(c2nc(Nc3ccc(OC)nc3)cc(-c3cccnc3)n2)C1. The second-order valence-electron chi connectivity index (χ2n) is 7.49. The van der Waals surface area contributed by atoms with Gasteiger partial charge in [-0.1, -0.05) is 6.92 Å². The van der Waals surface area contributed by atoms with E-state index in [2.05, 4.69) is 15.3 Å². The van der Waals surface area contributed by atoms with Gasteiger partial charge in [0, 0.05) is 55.5 Å². The van der Waals surface area contributed by atoms with Gasteiger partial charge in [0.25, 0.3) is 0 Å². The van der Waals surface area contributed by atoms with E-state index in [4.69, 9.17) is 14.7 Å². The Kier molecular flexibility index (Phi) is 6.35. The third-order valence-corrected chi connectivity index (χ3v) is 5.36. The number of likely N-dealkylation sites (tertiary alicyclic amines) is 1. The predicted molar refractivity (Wildman–Crippen MR) is 118 cm³/mol. The third kappa shape index (κ3) is 4.96. The van der Waals surface area contributed by atoms with Crippen molar-refractivity contribution >= 4 is 17.4 Å². The minimum Gasteiger partial charge on any atom is -0.481 e. The Morgan fingerprint density at radius 1 is 1.26 bits per heavy atom. The zero-order valence-electron chi connectivity index (χ0n) is 17.8. The minimum absolute atomic E-state index is 0.0930. The van der Waals surface area contributed by atoms with Crippen LogP contribution in [0.3, 0.4) is 0 Å². The van der Waals surface area contributed by atoms with Gasteiger partial charge in [-0.15, -0.1) is 0 Å². The number of amides is 1. The van der Waals surface area contributed by atoms with Crippen LogP contribution in [0.15, 0.2) is 48.9 Å². The molecule has 3 aromatic heterocycles. The third-order valence-electron chi connectivity index (χ3n) is 5.36. The van der Waals surface area contributed by atoms with E-state index in [-0.39, 0.29) is 11.8 Å². The van der Waals surface area contributed by atoms with Crippen LogP contribution in [0.1, 0.15) is 37.9 Å². The Morgan fingerprint density at radius 2 is 2.16 bits per heavy atom. The van der Waals surface area contributed by atoms with Crippen LogP contribution >= 0.6 is 0 Å². The first kappa shape index (κ1) is 20.7. The van der Waals surface area contributed by atoms with Gasteiger partial charge in [0.15, 0.2) is 0 Å². The van der Waals surface area contributed by atoms with Crippen molar-refractivity contribution in [3.05, 3.63) is 54.7 Å². The smallest absolute Gasteiger partial charge is 0.222 e. The summed E-state index contributed by atoms with van der Waals surface area (Å²) in [5.41, 5.74) is 2.51. The zero-order valence-corrected chi connectivity index (χ0v) is 17.8. The van der Waals surface area contributed by atoms with E-state index < -0.39 is 0 Å². The van der Waals surface area contributed by atoms with E-state index in [9.17, 15) is 4.79 Å². The highest BCUT2D eigenvalue weighted by Crippen LogP contribution is 2.29. The van der Waals surface area contributed by atoms with E-state index in [1.165, 1.54) is 0 Å². The molecule has 31 heavy (non-hydrogen) atoms. The number of anilines is 2. The van der Waals surface area contributed by atoms with Gasteiger partial charge in [-0.05, 0) is 31.0 Å². The highest BCUT2D eigenvalue weighted by Gasteiger charge is 2.26. The molecule has 0 radical (unpaired) electrons. The molecule has 8 nitrogen and oxygen atoms in total. The second kappa shape index (κ2) is 9.51. The van der Waals surface area contributed by atoms with Crippen LogP contribution in [0.5, 0.6) is 5.88 Å². The Balaban J connectivity index is 1.67. The maximum absolute atomic E-state index is 12.2. The first-order chi connectivity index (χ1) is 15.2. The monoisotopic (exact) mass is 418 g/mol. The number of piperidine rings is 1. The average Bonchev–Trinajstić information content (AvgIpc) is 2.84. The largest absolute Gasteiger partial charge is 0.481 e. The van der Waals surface area contributed by atoms with Crippen molar-refractivity contribution in [2.75, 3.05) is 25.5 Å². The highest BCUT2D eigenvalue weighted by atomic mass is 16.5. The van der Waals surface area contributed by atoms with Crippen molar-refractivity contribution in [3.63, 3.8) is 0 Å². The molecule has 1 aliphatic heterocycles. The van der Waals surface area contributed by atoms with Crippen LogP contribution in [0, 0.1) is 0 Å². The van der Waals surface area contributed by atoms with Gasteiger partial charge in [0.2, 0.25) is 11.8 Å². The van der Waals surface area contributed by atoms with E-state index in [0.29, 0.717) is 24.7 Å². The number of nitrogens with one attached hydrogen (secondary N) is 1. The number of hydrogen-bond acceptors (Lipinski definition) is 7. The zero-order chi connectivity index (χ0) is 21.6. The molecule has 4 rings (SSSR count). The van der Waals surface area contributed by atoms with Crippen LogP contribution in [0.2, 0.25) is 0 Å². The number of nitrogens with zero attached hydrogens (tertiary/aromatic N) is 5. The molecule has 1 fully saturated rings. The molecule has 0 aliphatic carbocycles. The molecule has 4 heterocycles. The molecule has 0 saturated carbocycles. The van der Waals surface area contributed by atoms with E-state index in [1.807, 2.05) is 36.1 Å². The normalized spacial score (nSPS) is 16.1. The first-order valence-electron chi connectivity index (χ1n) is 10.5. The van der Waals surface area contributed by atoms with Crippen molar-refractivity contribution in [3.8, 4) is 17.1 Å². The average molecular weight is 419 g/mol. The van der Waals surface area contributed by atoms with Crippen LogP contribution < -0.4 is 10.1 Å². The van der Waals surface area contributed by atoms with Crippen molar-refractivity contribution in [1.29, 1.82) is 0 Å². The molecular weight excluding hydrogens is 392 g/mol. The summed E-state index contributed by atoms with van der Waals surface area (Å²) in [6, 6.07) is 9.45. The summed E-state index contributed by atoms with van der Waals surface area (Å²) in [6.45, 7) is 3.34. The van der Waals surface area contributed by atoms with Crippen LogP contribution in [0.25, 0.3) is 11.3 Å². The lowest BCUT2D eigenvalue weighted by Crippen LogP contribution is -2.39. The van der Waals surface area contributed by atoms with Crippen molar-refractivity contribution in [1.82, 2.24) is 24.8 Å². The minimum atomic E-state index is 0.0930. The van der Waals surface area contributed by atoms with Crippen LogP contribution in [0.4, 0.5) is 11.5 Å². The summed E-state index contributed by atoms with van der Waals surface area (Å²) < 4.78 is 5.13. The summed E-state index contributed by atoms with van der Waals surface area (Å²) in [4.78, 5) is 32.3. The van der Waals surface area contributed by atoms with Gasteiger partial charge in [0.1, 0.15) is 11.6 Å². The van der Waals surface area contributed by atoms with Crippen molar-refractivity contribution in [2.45, 2.75) is 32.1 Å². The summed E-state index contributed by atoms with van der Waals surface area (Å²) in [5.74, 6) is 2.23. The highest BCUT2D eigenvalue weighted by molar-refractivity contribution is 5.76. The van der Waals surface area contributed by atoms with Crippen LogP contribution in [-0.2, 0) is 4.79 Å². The van der Waals surface area contributed by atoms with Crippen molar-refractivity contribution in [2.24, 2.45) is 0 Å². The molecule has 1 atom stereocenters. The molecule has 3 aromatic rings. The summed E-state index contributed by atoms with van der Waals surface area (Å²) >= 11 is 0. The van der Waals surface area contributed by atoms with Gasteiger partial charge in [-0.2, -0.15) is 0 Å². The Hall–Kier alpha value is -3.55. The molecule has 1 unspecified atom stereocenters. The molecule has 1 aliphatic rings. The maximum atomic E-state index is 12.2. The number of ether oxygens (including phenoxy) is 1. The molecule has 0 bridgehead atoms. The molecule has 1 N–H and O–H groups in total. The molecule has 1 amide bonds. The predicted octanol–water partition coefficient (Wildman–Crippen LogP) is 3.80. The Bertz CT molecular complexity index is 1030. The fourth-order valence-corrected chi connectivity index (χ4v) is 3.74. The van der Waals surface area contributed by atoms with E-state index in [1.54, 1.807) is 31.8 Å². The van der Waals surface area contributed by atoms with Gasteiger partial charge in [-0.25, -0.2) is 15.0 Å². The molecule has 0 spiro atoms. The van der Waals surface area contributed by atoms with E-state index in [0.717, 1.165) is 42.2 Å². The number of carbonyl (C=O) groups excluding carboxylic acids is 1. The van der Waals surface area contributed by atoms with Gasteiger partial charge in [0.05, 0.1) is 24.7 Å². The van der Waals surface area contributed by atoms with Gasteiger partial charge >= 0.3 is 0 Å². The molecule has 160 valence electrons. The number of methoxy groups -OCH3 is 1. The lowest BCUT2D eigenvalue weighted by molar-refractivity contribution is -0.132. The fraction of sp³-hybridized carbons (Fsp3) is 0.348. The number of aromatic nitrogens is 4. The summed E-state index contributed by atoms with van der Waals surface area (Å²) in [6.07, 6.45) is 7.64. The van der Waals surface area contributed by atoms with E-state index >= 15 is 0 Å². The van der Waals surface area contributed by atoms with Crippen LogP contribution in [-0.4, -0.2) is 50.9 Å². The van der Waals surface area contributed by atoms with Gasteiger partial charge in [-0.3, -0.25) is 9.78 Å². The van der Waals surface area contributed by atoms with Crippen molar-refractivity contribution < 1.29 is 9.53 Å². The summed E-state index contributed by atoms with van der Waals surface area (Å²) in [7, 11) is 1.59. The summed E-state index contributed by atoms with van der Waals surface area (Å²) in [5, 5.41) is 3.32.